The number of aromatic nitrogens is 3. The van der Waals surface area contributed by atoms with Crippen LogP contribution in [0.3, 0.4) is 0 Å². The smallest absolute Gasteiger partial charge is 0.254 e. The topological polar surface area (TPSA) is 117 Å². The summed E-state index contributed by atoms with van der Waals surface area (Å²) in [5.74, 6) is -1.72. The van der Waals surface area contributed by atoms with E-state index in [2.05, 4.69) is 25.8 Å². The third-order valence-electron chi connectivity index (χ3n) is 6.37. The van der Waals surface area contributed by atoms with E-state index in [0.29, 0.717) is 22.4 Å². The minimum Gasteiger partial charge on any atom is -0.346 e. The zero-order chi connectivity index (χ0) is 25.9. The maximum atomic E-state index is 14.7. The maximum Gasteiger partial charge on any atom is 0.254 e. The van der Waals surface area contributed by atoms with Gasteiger partial charge in [0.2, 0.25) is 5.91 Å². The Morgan fingerprint density at radius 3 is 2.81 bits per heavy atom. The highest BCUT2D eigenvalue weighted by Crippen LogP contribution is 2.32. The number of pyridine rings is 1. The Hall–Kier alpha value is -4.66. The molecule has 1 atom stereocenters. The molecular weight excluding hydrogens is 473 g/mol. The van der Waals surface area contributed by atoms with Crippen molar-refractivity contribution in [1.82, 2.24) is 25.8 Å². The summed E-state index contributed by atoms with van der Waals surface area (Å²) in [4.78, 5) is 42.9. The van der Waals surface area contributed by atoms with E-state index >= 15 is 0 Å². The van der Waals surface area contributed by atoms with Gasteiger partial charge in [-0.3, -0.25) is 24.5 Å². The summed E-state index contributed by atoms with van der Waals surface area (Å²) < 4.78 is 14.7. The fourth-order valence-electron chi connectivity index (χ4n) is 4.56. The van der Waals surface area contributed by atoms with Crippen molar-refractivity contribution in [1.29, 1.82) is 0 Å². The highest BCUT2D eigenvalue weighted by Gasteiger charge is 2.31. The van der Waals surface area contributed by atoms with E-state index in [-0.39, 0.29) is 36.6 Å². The van der Waals surface area contributed by atoms with Crippen LogP contribution in [0.4, 0.5) is 4.39 Å². The van der Waals surface area contributed by atoms with Crippen molar-refractivity contribution in [3.63, 3.8) is 0 Å². The van der Waals surface area contributed by atoms with Gasteiger partial charge in [-0.05, 0) is 54.4 Å². The zero-order valence-corrected chi connectivity index (χ0v) is 20.0. The Kier molecular flexibility index (Phi) is 6.59. The van der Waals surface area contributed by atoms with Crippen LogP contribution in [0.25, 0.3) is 10.9 Å². The molecule has 0 aliphatic carbocycles. The zero-order valence-electron chi connectivity index (χ0n) is 20.0. The largest absolute Gasteiger partial charge is 0.346 e. The molecule has 3 N–H and O–H groups in total. The molecule has 37 heavy (non-hydrogen) atoms. The minimum absolute atomic E-state index is 0.0942. The first-order chi connectivity index (χ1) is 17.9. The van der Waals surface area contributed by atoms with Crippen LogP contribution in [0.15, 0.2) is 78.1 Å². The van der Waals surface area contributed by atoms with Gasteiger partial charge in [-0.25, -0.2) is 4.39 Å². The van der Waals surface area contributed by atoms with Crippen LogP contribution in [0.5, 0.6) is 0 Å². The molecule has 2 aromatic carbocycles. The molecule has 4 aromatic rings. The Labute approximate surface area is 212 Å². The first kappa shape index (κ1) is 24.1. The standard InChI is InChI=1S/C28H24FN5O3/c1-16-10-25(36)33-27(26(16)24(35)12-17-5-8-23-19(11-17)14-32-34-23)18-6-7-22(29)21(13-18)28(37)31-15-20-4-2-3-9-30-20/h2-9,11,13-14,27H,10,12,15H2,1H3,(H,31,37)(H,32,34)(H,33,36). The number of hydrogen-bond donors (Lipinski definition) is 3. The van der Waals surface area contributed by atoms with Gasteiger partial charge in [-0.15, -0.1) is 0 Å². The van der Waals surface area contributed by atoms with E-state index in [1.165, 1.54) is 18.2 Å². The average molecular weight is 498 g/mol. The van der Waals surface area contributed by atoms with Crippen molar-refractivity contribution < 1.29 is 18.8 Å². The number of Topliss-reactive ketones (excluding diaryl/α,β-unsaturated/α-hetero) is 1. The van der Waals surface area contributed by atoms with Crippen LogP contribution in [0.1, 0.15) is 46.6 Å². The molecule has 0 saturated carbocycles. The van der Waals surface area contributed by atoms with Gasteiger partial charge in [0.1, 0.15) is 5.82 Å². The molecule has 1 aliphatic heterocycles. The first-order valence-corrected chi connectivity index (χ1v) is 11.8. The monoisotopic (exact) mass is 497 g/mol. The number of nitrogens with one attached hydrogen (secondary N) is 3. The summed E-state index contributed by atoms with van der Waals surface area (Å²) in [5, 5.41) is 13.3. The fourth-order valence-corrected chi connectivity index (χ4v) is 4.56. The second-order valence-electron chi connectivity index (χ2n) is 9.01. The van der Waals surface area contributed by atoms with Crippen LogP contribution >= 0.6 is 0 Å². The van der Waals surface area contributed by atoms with E-state index < -0.39 is 17.8 Å². The van der Waals surface area contributed by atoms with Crippen LogP contribution < -0.4 is 10.6 Å². The number of rotatable bonds is 7. The predicted molar refractivity (Wildman–Crippen MR) is 135 cm³/mol. The third kappa shape index (κ3) is 5.16. The molecule has 9 heteroatoms. The molecule has 0 radical (unpaired) electrons. The molecule has 0 spiro atoms. The number of nitrogens with zero attached hydrogens (tertiary/aromatic N) is 2. The molecule has 0 saturated heterocycles. The van der Waals surface area contributed by atoms with Gasteiger partial charge >= 0.3 is 0 Å². The highest BCUT2D eigenvalue weighted by atomic mass is 19.1. The number of fused-ring (bicyclic) bond motifs is 1. The summed E-state index contributed by atoms with van der Waals surface area (Å²) in [5.41, 5.74) is 3.67. The van der Waals surface area contributed by atoms with Gasteiger partial charge in [0.05, 0.1) is 35.6 Å². The molecule has 3 heterocycles. The number of hydrogen-bond acceptors (Lipinski definition) is 5. The van der Waals surface area contributed by atoms with E-state index in [4.69, 9.17) is 0 Å². The lowest BCUT2D eigenvalue weighted by Gasteiger charge is -2.28. The quantitative estimate of drug-likeness (QED) is 0.360. The maximum absolute atomic E-state index is 14.7. The van der Waals surface area contributed by atoms with Gasteiger partial charge in [0.15, 0.2) is 5.78 Å². The van der Waals surface area contributed by atoms with Crippen molar-refractivity contribution in [3.8, 4) is 0 Å². The van der Waals surface area contributed by atoms with Gasteiger partial charge in [0.25, 0.3) is 5.91 Å². The van der Waals surface area contributed by atoms with Crippen LogP contribution in [-0.4, -0.2) is 32.8 Å². The first-order valence-electron chi connectivity index (χ1n) is 11.8. The van der Waals surface area contributed by atoms with Crippen LogP contribution in [-0.2, 0) is 22.6 Å². The number of benzene rings is 2. The van der Waals surface area contributed by atoms with Crippen LogP contribution in [0.2, 0.25) is 0 Å². The van der Waals surface area contributed by atoms with Gasteiger partial charge in [0, 0.05) is 30.0 Å². The predicted octanol–water partition coefficient (Wildman–Crippen LogP) is 3.72. The number of ketones is 1. The molecular formula is C28H24FN5O3. The number of amides is 2. The van der Waals surface area contributed by atoms with E-state index in [1.54, 1.807) is 37.5 Å². The number of carbonyl (C=O) groups is 3. The van der Waals surface area contributed by atoms with Crippen molar-refractivity contribution in [2.24, 2.45) is 0 Å². The normalized spacial score (nSPS) is 15.5. The summed E-state index contributed by atoms with van der Waals surface area (Å²) in [7, 11) is 0. The molecule has 0 bridgehead atoms. The summed E-state index contributed by atoms with van der Waals surface area (Å²) in [6.07, 6.45) is 3.51. The molecule has 1 unspecified atom stereocenters. The van der Waals surface area contributed by atoms with Crippen LogP contribution in [0, 0.1) is 5.82 Å². The van der Waals surface area contributed by atoms with E-state index in [9.17, 15) is 18.8 Å². The van der Waals surface area contributed by atoms with Crippen molar-refractivity contribution in [2.45, 2.75) is 32.4 Å². The molecule has 2 aromatic heterocycles. The summed E-state index contributed by atoms with van der Waals surface area (Å²) in [6, 6.07) is 14.2. The molecule has 5 rings (SSSR count). The molecule has 8 nitrogen and oxygen atoms in total. The third-order valence-corrected chi connectivity index (χ3v) is 6.37. The molecule has 1 aliphatic rings. The lowest BCUT2D eigenvalue weighted by molar-refractivity contribution is -0.121. The van der Waals surface area contributed by atoms with Crippen molar-refractivity contribution in [3.05, 3.63) is 106 Å². The molecule has 186 valence electrons. The molecule has 0 fully saturated rings. The Bertz CT molecular complexity index is 1540. The van der Waals surface area contributed by atoms with E-state index in [0.717, 1.165) is 16.5 Å². The Morgan fingerprint density at radius 1 is 1.14 bits per heavy atom. The second-order valence-corrected chi connectivity index (χ2v) is 9.01. The lowest BCUT2D eigenvalue weighted by atomic mass is 9.85. The minimum atomic E-state index is -0.797. The van der Waals surface area contributed by atoms with Crippen molar-refractivity contribution >= 4 is 28.5 Å². The van der Waals surface area contributed by atoms with Gasteiger partial charge in [-0.2, -0.15) is 5.10 Å². The summed E-state index contributed by atoms with van der Waals surface area (Å²) >= 11 is 0. The molecule has 2 amide bonds. The average Bonchev–Trinajstić information content (AvgIpc) is 3.35. The highest BCUT2D eigenvalue weighted by molar-refractivity contribution is 6.02. The van der Waals surface area contributed by atoms with Gasteiger partial charge < -0.3 is 10.6 Å². The van der Waals surface area contributed by atoms with E-state index in [1.807, 2.05) is 18.2 Å². The Morgan fingerprint density at radius 2 is 2.00 bits per heavy atom. The number of halogens is 1. The SMILES string of the molecule is CC1=C(C(=O)Cc2ccc3[nH]ncc3c2)C(c2ccc(F)c(C(=O)NCc3ccccn3)c2)NC(=O)C1. The lowest BCUT2D eigenvalue weighted by Crippen LogP contribution is -2.37. The Balaban J connectivity index is 1.41. The van der Waals surface area contributed by atoms with Gasteiger partial charge in [-0.1, -0.05) is 23.8 Å². The second kappa shape index (κ2) is 10.1. The number of carbonyl (C=O) groups excluding carboxylic acids is 3. The number of aromatic amines is 1. The fraction of sp³-hybridized carbons (Fsp3) is 0.179. The van der Waals surface area contributed by atoms with Crippen molar-refractivity contribution in [2.75, 3.05) is 0 Å². The number of H-pyrrole nitrogens is 1. The summed E-state index contributed by atoms with van der Waals surface area (Å²) in [6.45, 7) is 1.88.